The van der Waals surface area contributed by atoms with Crippen LogP contribution in [0.4, 0.5) is 5.82 Å². The van der Waals surface area contributed by atoms with Crippen molar-refractivity contribution in [2.24, 2.45) is 5.92 Å². The third-order valence-corrected chi connectivity index (χ3v) is 6.94. The fourth-order valence-corrected chi connectivity index (χ4v) is 4.77. The molecule has 0 spiro atoms. The molecule has 1 aliphatic rings. The molecule has 2 aromatic carbocycles. The van der Waals surface area contributed by atoms with Gasteiger partial charge < -0.3 is 20.6 Å². The SMILES string of the molecule is CC(C)CCC=O.CNC1CCC(n2nc(-c3ccc(Oc4ccccc4)cc3)c3c(N)ncnc32)CC1. The van der Waals surface area contributed by atoms with Gasteiger partial charge in [0.15, 0.2) is 5.65 Å². The summed E-state index contributed by atoms with van der Waals surface area (Å²) in [6, 6.07) is 18.6. The molecule has 0 radical (unpaired) electrons. The highest BCUT2D eigenvalue weighted by Crippen LogP contribution is 2.36. The number of ether oxygens (including phenoxy) is 1. The molecule has 38 heavy (non-hydrogen) atoms. The lowest BCUT2D eigenvalue weighted by molar-refractivity contribution is -0.108. The van der Waals surface area contributed by atoms with E-state index in [1.54, 1.807) is 0 Å². The van der Waals surface area contributed by atoms with Crippen molar-refractivity contribution in [2.75, 3.05) is 12.8 Å². The Morgan fingerprint density at radius 2 is 1.71 bits per heavy atom. The van der Waals surface area contributed by atoms with Gasteiger partial charge in [0.05, 0.1) is 11.4 Å². The van der Waals surface area contributed by atoms with Crippen molar-refractivity contribution in [3.8, 4) is 22.8 Å². The molecule has 0 unspecified atom stereocenters. The van der Waals surface area contributed by atoms with Crippen molar-refractivity contribution in [1.82, 2.24) is 25.1 Å². The zero-order valence-electron chi connectivity index (χ0n) is 22.5. The van der Waals surface area contributed by atoms with Crippen LogP contribution in [0.1, 0.15) is 58.4 Å². The summed E-state index contributed by atoms with van der Waals surface area (Å²) < 4.78 is 7.98. The van der Waals surface area contributed by atoms with Crippen LogP contribution in [0.25, 0.3) is 22.3 Å². The number of nitrogens with one attached hydrogen (secondary N) is 1. The molecule has 3 N–H and O–H groups in total. The van der Waals surface area contributed by atoms with Gasteiger partial charge in [0.25, 0.3) is 0 Å². The van der Waals surface area contributed by atoms with E-state index in [9.17, 15) is 4.79 Å². The second kappa shape index (κ2) is 13.1. The van der Waals surface area contributed by atoms with Crippen LogP contribution in [0.3, 0.4) is 0 Å². The highest BCUT2D eigenvalue weighted by molar-refractivity contribution is 5.98. The lowest BCUT2D eigenvalue weighted by Crippen LogP contribution is -2.31. The fraction of sp³-hybridized carbons (Fsp3) is 0.400. The number of nitrogen functional groups attached to an aromatic ring is 1. The van der Waals surface area contributed by atoms with Crippen LogP contribution in [0, 0.1) is 5.92 Å². The van der Waals surface area contributed by atoms with E-state index in [4.69, 9.17) is 15.6 Å². The van der Waals surface area contributed by atoms with E-state index in [1.165, 1.54) is 6.33 Å². The molecule has 0 aliphatic heterocycles. The minimum absolute atomic E-state index is 0.316. The summed E-state index contributed by atoms with van der Waals surface area (Å²) in [6.45, 7) is 4.23. The Labute approximate surface area is 224 Å². The van der Waals surface area contributed by atoms with Crippen molar-refractivity contribution in [3.63, 3.8) is 0 Å². The molecule has 2 aromatic heterocycles. The minimum Gasteiger partial charge on any atom is -0.457 e. The first-order chi connectivity index (χ1) is 18.5. The van der Waals surface area contributed by atoms with Crippen molar-refractivity contribution < 1.29 is 9.53 Å². The Kier molecular flexibility index (Phi) is 9.43. The zero-order chi connectivity index (χ0) is 26.9. The Balaban J connectivity index is 0.000000426. The van der Waals surface area contributed by atoms with Crippen LogP contribution in [0.2, 0.25) is 0 Å². The van der Waals surface area contributed by atoms with Gasteiger partial charge in [-0.15, -0.1) is 0 Å². The predicted octanol–water partition coefficient (Wildman–Crippen LogP) is 6.19. The zero-order valence-corrected chi connectivity index (χ0v) is 22.5. The summed E-state index contributed by atoms with van der Waals surface area (Å²) in [7, 11) is 2.03. The van der Waals surface area contributed by atoms with Crippen LogP contribution in [0.15, 0.2) is 60.9 Å². The molecule has 0 amide bonds. The Bertz CT molecular complexity index is 1300. The van der Waals surface area contributed by atoms with Crippen molar-refractivity contribution in [2.45, 2.75) is 64.5 Å². The third-order valence-electron chi connectivity index (χ3n) is 6.94. The number of aldehydes is 1. The average molecular weight is 515 g/mol. The lowest BCUT2D eigenvalue weighted by atomic mass is 9.91. The highest BCUT2D eigenvalue weighted by Gasteiger charge is 2.26. The van der Waals surface area contributed by atoms with E-state index in [2.05, 4.69) is 33.8 Å². The minimum atomic E-state index is 0.316. The number of para-hydroxylation sites is 1. The number of anilines is 1. The molecule has 0 atom stereocenters. The first-order valence-corrected chi connectivity index (χ1v) is 13.4. The first kappa shape index (κ1) is 27.3. The van der Waals surface area contributed by atoms with Gasteiger partial charge in [0.1, 0.15) is 35.6 Å². The van der Waals surface area contributed by atoms with Crippen LogP contribution >= 0.6 is 0 Å². The molecular weight excluding hydrogens is 476 g/mol. The number of carbonyl (C=O) groups excluding carboxylic acids is 1. The number of hydrogen-bond acceptors (Lipinski definition) is 7. The van der Waals surface area contributed by atoms with Gasteiger partial charge >= 0.3 is 0 Å². The highest BCUT2D eigenvalue weighted by atomic mass is 16.5. The normalized spacial score (nSPS) is 17.2. The Morgan fingerprint density at radius 1 is 1.03 bits per heavy atom. The number of benzene rings is 2. The van der Waals surface area contributed by atoms with Gasteiger partial charge in [0, 0.05) is 18.0 Å². The molecule has 4 aromatic rings. The second-order valence-corrected chi connectivity index (χ2v) is 10.1. The fourth-order valence-electron chi connectivity index (χ4n) is 4.77. The maximum Gasteiger partial charge on any atom is 0.164 e. The van der Waals surface area contributed by atoms with Gasteiger partial charge in [-0.3, -0.25) is 0 Å². The second-order valence-electron chi connectivity index (χ2n) is 10.1. The summed E-state index contributed by atoms with van der Waals surface area (Å²) in [5.74, 6) is 2.71. The Hall–Kier alpha value is -3.78. The number of rotatable bonds is 8. The summed E-state index contributed by atoms with van der Waals surface area (Å²) in [6.07, 6.45) is 8.63. The molecule has 0 bridgehead atoms. The standard InChI is InChI=1S/C24H26N6O.C6H12O/c1-26-17-9-11-18(12-10-17)30-24-21(23(25)27-15-28-24)22(29-30)16-7-13-20(14-8-16)31-19-5-3-2-4-6-19;1-6(2)4-3-5-7/h2-8,13-15,17-18,26H,9-12H2,1H3,(H2,25,27,28);5-6H,3-4H2,1-2H3. The first-order valence-electron chi connectivity index (χ1n) is 13.4. The molecule has 8 heteroatoms. The summed E-state index contributed by atoms with van der Waals surface area (Å²) in [5, 5.41) is 9.19. The monoisotopic (exact) mass is 514 g/mol. The predicted molar refractivity (Wildman–Crippen MR) is 152 cm³/mol. The van der Waals surface area contributed by atoms with Gasteiger partial charge in [0.2, 0.25) is 0 Å². The maximum absolute atomic E-state index is 9.71. The van der Waals surface area contributed by atoms with E-state index in [0.29, 0.717) is 23.8 Å². The quantitative estimate of drug-likeness (QED) is 0.270. The lowest BCUT2D eigenvalue weighted by Gasteiger charge is -2.28. The average Bonchev–Trinajstić information content (AvgIpc) is 3.34. The van der Waals surface area contributed by atoms with E-state index in [1.807, 2.05) is 61.6 Å². The van der Waals surface area contributed by atoms with Crippen LogP contribution in [-0.4, -0.2) is 39.1 Å². The Morgan fingerprint density at radius 3 is 2.32 bits per heavy atom. The summed E-state index contributed by atoms with van der Waals surface area (Å²) >= 11 is 0. The molecule has 1 aliphatic carbocycles. The van der Waals surface area contributed by atoms with E-state index < -0.39 is 0 Å². The smallest absolute Gasteiger partial charge is 0.164 e. The third kappa shape index (κ3) is 6.75. The van der Waals surface area contributed by atoms with Gasteiger partial charge in [-0.2, -0.15) is 5.10 Å². The number of carbonyl (C=O) groups is 1. The topological polar surface area (TPSA) is 108 Å². The molecular formula is C30H38N6O2. The summed E-state index contributed by atoms with van der Waals surface area (Å²) in [5.41, 5.74) is 8.86. The molecule has 1 fully saturated rings. The summed E-state index contributed by atoms with van der Waals surface area (Å²) in [4.78, 5) is 18.5. The number of hydrogen-bond donors (Lipinski definition) is 2. The van der Waals surface area contributed by atoms with Crippen molar-refractivity contribution >= 4 is 23.1 Å². The number of aromatic nitrogens is 4. The molecule has 1 saturated carbocycles. The van der Waals surface area contributed by atoms with E-state index >= 15 is 0 Å². The van der Waals surface area contributed by atoms with Crippen molar-refractivity contribution in [3.05, 3.63) is 60.9 Å². The molecule has 2 heterocycles. The van der Waals surface area contributed by atoms with Gasteiger partial charge in [-0.25, -0.2) is 14.6 Å². The van der Waals surface area contributed by atoms with Crippen LogP contribution < -0.4 is 15.8 Å². The van der Waals surface area contributed by atoms with Crippen LogP contribution in [-0.2, 0) is 4.79 Å². The molecule has 200 valence electrons. The molecule has 0 saturated heterocycles. The van der Waals surface area contributed by atoms with Crippen LogP contribution in [0.5, 0.6) is 11.5 Å². The van der Waals surface area contributed by atoms with Crippen molar-refractivity contribution in [1.29, 1.82) is 0 Å². The maximum atomic E-state index is 9.71. The largest absolute Gasteiger partial charge is 0.457 e. The van der Waals surface area contributed by atoms with Gasteiger partial charge in [-0.1, -0.05) is 32.0 Å². The number of nitrogens with zero attached hydrogens (tertiary/aromatic N) is 4. The van der Waals surface area contributed by atoms with E-state index in [-0.39, 0.29) is 0 Å². The van der Waals surface area contributed by atoms with Gasteiger partial charge in [-0.05, 0) is 81.5 Å². The molecule has 8 nitrogen and oxygen atoms in total. The number of nitrogens with two attached hydrogens (primary N) is 1. The van der Waals surface area contributed by atoms with E-state index in [0.717, 1.165) is 78.6 Å². The number of fused-ring (bicyclic) bond motifs is 1. The molecule has 5 rings (SSSR count).